The van der Waals surface area contributed by atoms with Gasteiger partial charge in [0.1, 0.15) is 36.2 Å². The summed E-state index contributed by atoms with van der Waals surface area (Å²) < 4.78 is 35.5. The Morgan fingerprint density at radius 1 is 0.795 bits per heavy atom. The first-order valence-corrected chi connectivity index (χ1v) is 27.8. The molecule has 0 spiro atoms. The van der Waals surface area contributed by atoms with Gasteiger partial charge in [0.2, 0.25) is 5.79 Å². The summed E-state index contributed by atoms with van der Waals surface area (Å²) in [5.74, 6) is -12.5. The standard InChI is InChI=1S/C58H82N2O18/c1-32-14-11-10-12-15-33(2)44(72-7)30-39-19-17-37(6)58(71,77-39)55(68)56(69)59-25-13-16-40-41(28-38-18-20-43(46(29-38)73-8)75-49(64)23-24-50(65)78-60-47(62)21-22-48(60)63)45(76-57(70)51(40)59)31-42(61)34(3)27-36(5)53(67)54(74-9)52(66)35(4)26-32/h10-12,14-15,27,32,34-35,37-41,43-46,51,53-54,67,71H,13,16-26,28-31H2,1-9H3/b12-10+,14-11+,33-15?,36-27+/t32-,34-,35-,37-,38+,39+,40?,41+,43-,44+,45+,46-,51+,53-,54+,58-/m1/s1. The van der Waals surface area contributed by atoms with E-state index < -0.39 is 132 Å². The maximum atomic E-state index is 14.6. The molecule has 1 unspecified atom stereocenters. The van der Waals surface area contributed by atoms with Crippen LogP contribution in [0, 0.1) is 41.4 Å². The van der Waals surface area contributed by atoms with Crippen molar-refractivity contribution in [2.45, 2.75) is 192 Å². The Balaban J connectivity index is 1.27. The van der Waals surface area contributed by atoms with Gasteiger partial charge in [-0.3, -0.25) is 33.6 Å². The topological polar surface area (TPSA) is 265 Å². The molecule has 20 nitrogen and oxygen atoms in total. The molecule has 0 aromatic carbocycles. The van der Waals surface area contributed by atoms with Crippen molar-refractivity contribution in [3.63, 3.8) is 0 Å². The minimum atomic E-state index is -2.51. The normalized spacial score (nSPS) is 37.8. The van der Waals surface area contributed by atoms with Gasteiger partial charge < -0.3 is 48.4 Å². The molecular weight excluding hydrogens is 1010 g/mol. The molecule has 5 aliphatic heterocycles. The number of esters is 2. The Bertz CT molecular complexity index is 2340. The zero-order chi connectivity index (χ0) is 57.2. The van der Waals surface area contributed by atoms with Crippen LogP contribution in [0.25, 0.3) is 0 Å². The lowest BCUT2D eigenvalue weighted by molar-refractivity contribution is -0.266. The number of carbonyl (C=O) groups is 9. The summed E-state index contributed by atoms with van der Waals surface area (Å²) >= 11 is 0. The number of methoxy groups -OCH3 is 3. The molecule has 16 atom stereocenters. The Morgan fingerprint density at radius 3 is 2.18 bits per heavy atom. The zero-order valence-corrected chi connectivity index (χ0v) is 46.8. The van der Waals surface area contributed by atoms with E-state index >= 15 is 0 Å². The number of aliphatic hydroxyl groups excluding tert-OH is 1. The second-order valence-corrected chi connectivity index (χ2v) is 22.5. The minimum absolute atomic E-state index is 0.0166. The number of piperidine rings is 1. The van der Waals surface area contributed by atoms with E-state index in [1.807, 2.05) is 44.2 Å². The molecule has 20 heteroatoms. The van der Waals surface area contributed by atoms with Crippen molar-refractivity contribution < 1.29 is 86.6 Å². The van der Waals surface area contributed by atoms with Crippen LogP contribution in [0.1, 0.15) is 138 Å². The van der Waals surface area contributed by atoms with E-state index in [2.05, 4.69) is 0 Å². The third-order valence-corrected chi connectivity index (χ3v) is 16.9. The van der Waals surface area contributed by atoms with Crippen LogP contribution in [0.2, 0.25) is 0 Å². The molecule has 5 heterocycles. The number of hydroxylamine groups is 2. The Hall–Kier alpha value is -5.25. The fourth-order valence-corrected chi connectivity index (χ4v) is 12.3. The van der Waals surface area contributed by atoms with Gasteiger partial charge in [-0.25, -0.2) is 9.59 Å². The molecule has 0 aromatic rings. The summed E-state index contributed by atoms with van der Waals surface area (Å²) in [6.07, 6.45) is 7.89. The maximum Gasteiger partial charge on any atom is 0.333 e. The number of hydrogen-bond acceptors (Lipinski definition) is 18. The number of Topliss-reactive ketones (excluding diaryl/α,β-unsaturated/α-hetero) is 3. The SMILES string of the molecule is CO[C@H]1C[C@@H]2CC[C@@H](C)[C@@](O)(O2)C(=O)C(=O)N2CCCC3[C@H]2C(=O)O[C@@H](CC(=O)[C@H](C)/C=C(\C)[C@@H](O)[C@@H](OC)C(=O)[C@H](C)C[C@H](C)/C=C/C=C/C=C1C)[C@H]3C[C@@H]1CC[C@@H](OC(=O)CCC(=O)ON2C(=O)CCC2=O)[C@H](OC)C1. The quantitative estimate of drug-likeness (QED) is 0.121. The molecular formula is C58H82N2O18. The molecule has 1 aliphatic carbocycles. The lowest BCUT2D eigenvalue weighted by Gasteiger charge is -2.50. The number of imide groups is 1. The molecule has 1 saturated carbocycles. The third-order valence-electron chi connectivity index (χ3n) is 16.9. The minimum Gasteiger partial charge on any atom is -0.460 e. The van der Waals surface area contributed by atoms with Crippen molar-refractivity contribution in [3.05, 3.63) is 47.6 Å². The number of ketones is 3. The summed E-state index contributed by atoms with van der Waals surface area (Å²) in [6, 6.07) is -1.23. The van der Waals surface area contributed by atoms with Crippen LogP contribution in [-0.2, 0) is 76.4 Å². The number of aliphatic hydroxyl groups is 2. The van der Waals surface area contributed by atoms with Crippen molar-refractivity contribution in [2.24, 2.45) is 41.4 Å². The Labute approximate surface area is 457 Å². The van der Waals surface area contributed by atoms with Crippen molar-refractivity contribution >= 4 is 53.0 Å². The van der Waals surface area contributed by atoms with Crippen LogP contribution in [-0.4, -0.2) is 156 Å². The first-order chi connectivity index (χ1) is 37.0. The molecule has 2 N–H and O–H groups in total. The zero-order valence-electron chi connectivity index (χ0n) is 46.8. The largest absolute Gasteiger partial charge is 0.460 e. The summed E-state index contributed by atoms with van der Waals surface area (Å²) in [7, 11) is 4.39. The van der Waals surface area contributed by atoms with E-state index in [-0.39, 0.29) is 62.1 Å². The van der Waals surface area contributed by atoms with E-state index in [1.54, 1.807) is 40.9 Å². The molecule has 6 bridgehead atoms. The summed E-state index contributed by atoms with van der Waals surface area (Å²) in [6.45, 7) is 10.6. The fourth-order valence-electron chi connectivity index (χ4n) is 12.3. The molecule has 5 fully saturated rings. The van der Waals surface area contributed by atoms with Gasteiger partial charge in [-0.05, 0) is 101 Å². The maximum absolute atomic E-state index is 14.6. The van der Waals surface area contributed by atoms with Crippen LogP contribution in [0.15, 0.2) is 47.6 Å². The molecule has 4 saturated heterocycles. The van der Waals surface area contributed by atoms with Crippen LogP contribution in [0.5, 0.6) is 0 Å². The number of ether oxygens (including phenoxy) is 6. The third kappa shape index (κ3) is 14.9. The lowest BCUT2D eigenvalue weighted by Crippen LogP contribution is -2.65. The lowest BCUT2D eigenvalue weighted by atomic mass is 9.68. The number of rotatable bonds is 10. The average molecular weight is 1100 g/mol. The summed E-state index contributed by atoms with van der Waals surface area (Å²) in [4.78, 5) is 127. The van der Waals surface area contributed by atoms with Crippen LogP contribution < -0.4 is 0 Å². The Kier molecular flexibility index (Phi) is 22.0. The van der Waals surface area contributed by atoms with Gasteiger partial charge >= 0.3 is 17.9 Å². The average Bonchev–Trinajstić information content (AvgIpc) is 3.80. The molecule has 78 heavy (non-hydrogen) atoms. The van der Waals surface area contributed by atoms with Crippen molar-refractivity contribution in [3.8, 4) is 0 Å². The van der Waals surface area contributed by atoms with Crippen LogP contribution >= 0.6 is 0 Å². The second kappa shape index (κ2) is 27.8. The first-order valence-electron chi connectivity index (χ1n) is 27.8. The predicted molar refractivity (Wildman–Crippen MR) is 279 cm³/mol. The number of allylic oxidation sites excluding steroid dienone is 6. The van der Waals surface area contributed by atoms with Crippen molar-refractivity contribution in [1.82, 2.24) is 9.96 Å². The van der Waals surface area contributed by atoms with Gasteiger partial charge in [-0.15, -0.1) is 5.06 Å². The van der Waals surface area contributed by atoms with E-state index in [9.17, 15) is 53.4 Å². The van der Waals surface area contributed by atoms with E-state index in [0.29, 0.717) is 68.4 Å². The fraction of sp³-hybridized carbons (Fsp3) is 0.707. The second-order valence-electron chi connectivity index (χ2n) is 22.5. The first kappa shape index (κ1) is 62.0. The van der Waals surface area contributed by atoms with Gasteiger partial charge in [0.05, 0.1) is 31.2 Å². The van der Waals surface area contributed by atoms with Gasteiger partial charge in [0.25, 0.3) is 23.5 Å². The molecule has 0 aromatic heterocycles. The number of hydrogen-bond donors (Lipinski definition) is 2. The molecule has 6 aliphatic rings. The summed E-state index contributed by atoms with van der Waals surface area (Å²) in [5.41, 5.74) is 1.19. The van der Waals surface area contributed by atoms with Crippen molar-refractivity contribution in [1.29, 1.82) is 0 Å². The number of nitrogens with zero attached hydrogens (tertiary/aromatic N) is 2. The highest BCUT2D eigenvalue weighted by Gasteiger charge is 2.57. The summed E-state index contributed by atoms with van der Waals surface area (Å²) in [5, 5.41) is 24.1. The smallest absolute Gasteiger partial charge is 0.333 e. The predicted octanol–water partition coefficient (Wildman–Crippen LogP) is 5.34. The monoisotopic (exact) mass is 1090 g/mol. The number of amides is 3. The molecule has 3 amide bonds. The highest BCUT2D eigenvalue weighted by Crippen LogP contribution is 2.46. The molecule has 0 radical (unpaired) electrons. The highest BCUT2D eigenvalue weighted by atomic mass is 16.7. The van der Waals surface area contributed by atoms with Gasteiger partial charge in [-0.2, -0.15) is 0 Å². The van der Waals surface area contributed by atoms with Gasteiger partial charge in [0.15, 0.2) is 5.78 Å². The van der Waals surface area contributed by atoms with E-state index in [1.165, 1.54) is 19.1 Å². The number of carbonyl (C=O) groups excluding carboxylic acids is 9. The van der Waals surface area contributed by atoms with Gasteiger partial charge in [-0.1, -0.05) is 64.2 Å². The van der Waals surface area contributed by atoms with Crippen LogP contribution in [0.4, 0.5) is 0 Å². The molecule has 6 rings (SSSR count). The van der Waals surface area contributed by atoms with E-state index in [4.69, 9.17) is 33.3 Å². The van der Waals surface area contributed by atoms with Crippen molar-refractivity contribution in [2.75, 3.05) is 27.9 Å². The Morgan fingerprint density at radius 2 is 1.50 bits per heavy atom. The molecule has 432 valence electrons. The highest BCUT2D eigenvalue weighted by molar-refractivity contribution is 6.39. The van der Waals surface area contributed by atoms with Crippen LogP contribution in [0.3, 0.4) is 0 Å². The van der Waals surface area contributed by atoms with E-state index in [0.717, 1.165) is 5.57 Å². The van der Waals surface area contributed by atoms with Gasteiger partial charge in [0, 0.05) is 77.2 Å². The number of fused-ring (bicyclic) bond motifs is 3.